The zero-order valence-corrected chi connectivity index (χ0v) is 9.12. The molecule has 0 spiro atoms. The molecule has 1 aliphatic rings. The Hall–Kier alpha value is -1.24. The van der Waals surface area contributed by atoms with Crippen molar-refractivity contribution in [3.05, 3.63) is 35.9 Å². The second kappa shape index (κ2) is 3.16. The molecule has 0 saturated carbocycles. The van der Waals surface area contributed by atoms with Crippen molar-refractivity contribution < 1.29 is 0 Å². The first-order valence-electron chi connectivity index (χ1n) is 5.12. The fourth-order valence-electron chi connectivity index (χ4n) is 1.89. The Kier molecular flexibility index (Phi) is 2.10. The number of benzene rings is 1. The van der Waals surface area contributed by atoms with Crippen molar-refractivity contribution in [3.63, 3.8) is 0 Å². The molecule has 0 bridgehead atoms. The molecule has 74 valence electrons. The van der Waals surface area contributed by atoms with E-state index in [0.717, 1.165) is 6.54 Å². The van der Waals surface area contributed by atoms with Gasteiger partial charge in [-0.15, -0.1) is 0 Å². The molecule has 0 amide bonds. The van der Waals surface area contributed by atoms with Crippen molar-refractivity contribution in [1.82, 2.24) is 0 Å². The number of hydrogen-bond acceptors (Lipinski definition) is 1. The fraction of sp³-hybridized carbons (Fsp3) is 0.385. The number of nitrogens with zero attached hydrogens (tertiary/aromatic N) is 1. The van der Waals surface area contributed by atoms with Gasteiger partial charge in [-0.1, -0.05) is 30.4 Å². The lowest BCUT2D eigenvalue weighted by Crippen LogP contribution is -2.42. The van der Waals surface area contributed by atoms with Gasteiger partial charge in [-0.2, -0.15) is 0 Å². The second-order valence-electron chi connectivity index (χ2n) is 4.74. The maximum atomic E-state index is 2.43. The van der Waals surface area contributed by atoms with E-state index in [-0.39, 0.29) is 5.54 Å². The monoisotopic (exact) mass is 187 g/mol. The molecule has 1 heteroatoms. The molecule has 1 heterocycles. The Bertz CT molecular complexity index is 358. The normalized spacial score (nSPS) is 15.5. The van der Waals surface area contributed by atoms with Crippen molar-refractivity contribution in [2.75, 3.05) is 11.4 Å². The molecule has 1 nitrogen and oxygen atoms in total. The zero-order valence-electron chi connectivity index (χ0n) is 9.12. The maximum absolute atomic E-state index is 2.43. The first kappa shape index (κ1) is 9.32. The smallest absolute Gasteiger partial charge is 0.0446 e. The van der Waals surface area contributed by atoms with Crippen molar-refractivity contribution >= 4 is 11.8 Å². The zero-order chi connectivity index (χ0) is 10.2. The van der Waals surface area contributed by atoms with Crippen molar-refractivity contribution in [1.29, 1.82) is 0 Å². The molecule has 0 N–H and O–H groups in total. The number of anilines is 1. The van der Waals surface area contributed by atoms with Gasteiger partial charge in [0, 0.05) is 17.8 Å². The van der Waals surface area contributed by atoms with E-state index in [4.69, 9.17) is 0 Å². The quantitative estimate of drug-likeness (QED) is 0.602. The Morgan fingerprint density at radius 2 is 1.86 bits per heavy atom. The van der Waals surface area contributed by atoms with Crippen LogP contribution in [0, 0.1) is 0 Å². The summed E-state index contributed by atoms with van der Waals surface area (Å²) < 4.78 is 0. The third-order valence-corrected chi connectivity index (χ3v) is 2.62. The first-order valence-corrected chi connectivity index (χ1v) is 5.12. The van der Waals surface area contributed by atoms with Gasteiger partial charge in [0.2, 0.25) is 0 Å². The summed E-state index contributed by atoms with van der Waals surface area (Å²) in [7, 11) is 0. The van der Waals surface area contributed by atoms with Gasteiger partial charge in [-0.05, 0) is 32.4 Å². The molecule has 2 rings (SSSR count). The van der Waals surface area contributed by atoms with Crippen LogP contribution in [0.5, 0.6) is 0 Å². The van der Waals surface area contributed by atoms with Crippen LogP contribution in [0.1, 0.15) is 26.3 Å². The summed E-state index contributed by atoms with van der Waals surface area (Å²) >= 11 is 0. The van der Waals surface area contributed by atoms with Gasteiger partial charge in [0.15, 0.2) is 0 Å². The van der Waals surface area contributed by atoms with Crippen LogP contribution in [0.3, 0.4) is 0 Å². The lowest BCUT2D eigenvalue weighted by Gasteiger charge is -2.39. The van der Waals surface area contributed by atoms with Gasteiger partial charge < -0.3 is 4.90 Å². The van der Waals surface area contributed by atoms with Gasteiger partial charge >= 0.3 is 0 Å². The molecular formula is C13H17N. The predicted octanol–water partition coefficient (Wildman–Crippen LogP) is 3.32. The standard InChI is InChI=1S/C13H17N/c1-13(2,3)14-10-6-8-11-7-4-5-9-12(11)14/h4-9H,10H2,1-3H3. The van der Waals surface area contributed by atoms with Crippen LogP contribution in [-0.4, -0.2) is 12.1 Å². The summed E-state index contributed by atoms with van der Waals surface area (Å²) in [6.07, 6.45) is 4.44. The van der Waals surface area contributed by atoms with E-state index >= 15 is 0 Å². The molecule has 0 fully saturated rings. The molecule has 1 aromatic carbocycles. The molecule has 14 heavy (non-hydrogen) atoms. The predicted molar refractivity (Wildman–Crippen MR) is 62.6 cm³/mol. The maximum Gasteiger partial charge on any atom is 0.0446 e. The summed E-state index contributed by atoms with van der Waals surface area (Å²) in [5.41, 5.74) is 2.87. The van der Waals surface area contributed by atoms with Gasteiger partial charge in [0.25, 0.3) is 0 Å². The van der Waals surface area contributed by atoms with Gasteiger partial charge in [0.05, 0.1) is 0 Å². The van der Waals surface area contributed by atoms with Crippen LogP contribution >= 0.6 is 0 Å². The van der Waals surface area contributed by atoms with Gasteiger partial charge in [0.1, 0.15) is 0 Å². The highest BCUT2D eigenvalue weighted by atomic mass is 15.2. The van der Waals surface area contributed by atoms with E-state index in [2.05, 4.69) is 62.1 Å². The van der Waals surface area contributed by atoms with Crippen LogP contribution in [0.25, 0.3) is 6.08 Å². The van der Waals surface area contributed by atoms with Gasteiger partial charge in [-0.3, -0.25) is 0 Å². The van der Waals surface area contributed by atoms with Crippen LogP contribution in [0.4, 0.5) is 5.69 Å². The van der Waals surface area contributed by atoms with Crippen molar-refractivity contribution in [3.8, 4) is 0 Å². The van der Waals surface area contributed by atoms with E-state index in [1.807, 2.05) is 0 Å². The second-order valence-corrected chi connectivity index (χ2v) is 4.74. The van der Waals surface area contributed by atoms with E-state index < -0.39 is 0 Å². The highest BCUT2D eigenvalue weighted by Crippen LogP contribution is 2.30. The topological polar surface area (TPSA) is 3.24 Å². The highest BCUT2D eigenvalue weighted by Gasteiger charge is 2.23. The average Bonchev–Trinajstić information content (AvgIpc) is 2.15. The molecule has 0 radical (unpaired) electrons. The summed E-state index contributed by atoms with van der Waals surface area (Å²) in [6.45, 7) is 7.77. The minimum atomic E-state index is 0.195. The third kappa shape index (κ3) is 1.54. The first-order chi connectivity index (χ1) is 6.59. The molecule has 1 aliphatic heterocycles. The number of rotatable bonds is 0. The number of para-hydroxylation sites is 1. The van der Waals surface area contributed by atoms with E-state index in [9.17, 15) is 0 Å². The van der Waals surface area contributed by atoms with Gasteiger partial charge in [-0.25, -0.2) is 0 Å². The Balaban J connectivity index is 2.46. The number of fused-ring (bicyclic) bond motifs is 1. The number of hydrogen-bond donors (Lipinski definition) is 0. The highest BCUT2D eigenvalue weighted by molar-refractivity contribution is 5.71. The lowest BCUT2D eigenvalue weighted by atomic mass is 9.99. The summed E-state index contributed by atoms with van der Waals surface area (Å²) in [5.74, 6) is 0. The van der Waals surface area contributed by atoms with E-state index in [1.54, 1.807) is 0 Å². The molecule has 1 aromatic rings. The molecule has 0 saturated heterocycles. The Labute approximate surface area is 86.1 Å². The molecule has 0 atom stereocenters. The minimum Gasteiger partial charge on any atom is -0.362 e. The van der Waals surface area contributed by atoms with Crippen LogP contribution in [0.2, 0.25) is 0 Å². The molecule has 0 aliphatic carbocycles. The summed E-state index contributed by atoms with van der Waals surface area (Å²) in [6, 6.07) is 8.57. The van der Waals surface area contributed by atoms with Crippen molar-refractivity contribution in [2.24, 2.45) is 0 Å². The third-order valence-electron chi connectivity index (χ3n) is 2.62. The van der Waals surface area contributed by atoms with Crippen LogP contribution in [-0.2, 0) is 0 Å². The summed E-state index contributed by atoms with van der Waals surface area (Å²) in [5, 5.41) is 0. The Morgan fingerprint density at radius 3 is 2.57 bits per heavy atom. The lowest BCUT2D eigenvalue weighted by molar-refractivity contribution is 0.521. The minimum absolute atomic E-state index is 0.195. The fourth-order valence-corrected chi connectivity index (χ4v) is 1.89. The summed E-state index contributed by atoms with van der Waals surface area (Å²) in [4.78, 5) is 2.43. The SMILES string of the molecule is CC(C)(C)N1CC=Cc2ccccc21. The van der Waals surface area contributed by atoms with E-state index in [1.165, 1.54) is 11.3 Å². The molecule has 0 unspecified atom stereocenters. The average molecular weight is 187 g/mol. The van der Waals surface area contributed by atoms with Crippen molar-refractivity contribution in [2.45, 2.75) is 26.3 Å². The van der Waals surface area contributed by atoms with Crippen LogP contribution < -0.4 is 4.90 Å². The molecular weight excluding hydrogens is 170 g/mol. The Morgan fingerprint density at radius 1 is 1.14 bits per heavy atom. The molecule has 0 aromatic heterocycles. The van der Waals surface area contributed by atoms with Crippen LogP contribution in [0.15, 0.2) is 30.3 Å². The van der Waals surface area contributed by atoms with E-state index in [0.29, 0.717) is 0 Å². The largest absolute Gasteiger partial charge is 0.362 e.